The molecule has 0 unspecified atom stereocenters. The number of hydrogen-bond acceptors (Lipinski definition) is 5. The molecule has 2 fully saturated rings. The summed E-state index contributed by atoms with van der Waals surface area (Å²) in [6.07, 6.45) is 7.61. The van der Waals surface area contributed by atoms with Crippen molar-refractivity contribution in [2.75, 3.05) is 25.0 Å². The quantitative estimate of drug-likeness (QED) is 0.869. The predicted octanol–water partition coefficient (Wildman–Crippen LogP) is 2.53. The maximum atomic E-state index is 12.6. The van der Waals surface area contributed by atoms with Crippen LogP contribution in [-0.2, 0) is 0 Å². The molecule has 2 aliphatic rings. The minimum atomic E-state index is 0.190. The van der Waals surface area contributed by atoms with Gasteiger partial charge in [0.15, 0.2) is 0 Å². The second-order valence-corrected chi connectivity index (χ2v) is 7.38. The SMILES string of the molecule is CN(c1cnccn1)[C@H]1CC[C@@H]2CN(C(=O)c3cccs3)C[C@@H]21. The first-order valence-electron chi connectivity index (χ1n) is 8.05. The van der Waals surface area contributed by atoms with Crippen molar-refractivity contribution in [1.29, 1.82) is 0 Å². The topological polar surface area (TPSA) is 49.3 Å². The summed E-state index contributed by atoms with van der Waals surface area (Å²) in [5, 5.41) is 1.97. The highest BCUT2D eigenvalue weighted by Gasteiger charge is 2.45. The number of likely N-dealkylation sites (tertiary alicyclic amines) is 1. The van der Waals surface area contributed by atoms with Gasteiger partial charge in [-0.1, -0.05) is 6.07 Å². The number of fused-ring (bicyclic) bond motifs is 1. The lowest BCUT2D eigenvalue weighted by atomic mass is 9.97. The van der Waals surface area contributed by atoms with Crippen molar-refractivity contribution in [1.82, 2.24) is 14.9 Å². The lowest BCUT2D eigenvalue weighted by molar-refractivity contribution is 0.0784. The van der Waals surface area contributed by atoms with Crippen LogP contribution >= 0.6 is 11.3 Å². The molecule has 120 valence electrons. The van der Waals surface area contributed by atoms with Crippen LogP contribution < -0.4 is 4.90 Å². The van der Waals surface area contributed by atoms with Crippen LogP contribution in [0.5, 0.6) is 0 Å². The highest BCUT2D eigenvalue weighted by molar-refractivity contribution is 7.12. The minimum Gasteiger partial charge on any atom is -0.355 e. The van der Waals surface area contributed by atoms with E-state index in [0.717, 1.165) is 23.8 Å². The van der Waals surface area contributed by atoms with E-state index in [9.17, 15) is 4.79 Å². The highest BCUT2D eigenvalue weighted by Crippen LogP contribution is 2.41. The Morgan fingerprint density at radius 2 is 2.26 bits per heavy atom. The van der Waals surface area contributed by atoms with Crippen LogP contribution in [-0.4, -0.2) is 47.0 Å². The van der Waals surface area contributed by atoms with E-state index in [2.05, 4.69) is 21.9 Å². The van der Waals surface area contributed by atoms with Gasteiger partial charge in [0, 0.05) is 44.5 Å². The van der Waals surface area contributed by atoms with Gasteiger partial charge < -0.3 is 9.80 Å². The van der Waals surface area contributed by atoms with Gasteiger partial charge in [-0.3, -0.25) is 9.78 Å². The van der Waals surface area contributed by atoms with Crippen molar-refractivity contribution in [3.8, 4) is 0 Å². The zero-order chi connectivity index (χ0) is 15.8. The van der Waals surface area contributed by atoms with Crippen LogP contribution in [0.1, 0.15) is 22.5 Å². The molecule has 4 rings (SSSR count). The minimum absolute atomic E-state index is 0.190. The zero-order valence-electron chi connectivity index (χ0n) is 13.1. The summed E-state index contributed by atoms with van der Waals surface area (Å²) in [5.74, 6) is 2.26. The number of carbonyl (C=O) groups excluding carboxylic acids is 1. The molecule has 0 aromatic carbocycles. The molecule has 1 aliphatic carbocycles. The van der Waals surface area contributed by atoms with Crippen molar-refractivity contribution in [2.24, 2.45) is 11.8 Å². The molecular formula is C17H20N4OS. The second kappa shape index (κ2) is 5.92. The van der Waals surface area contributed by atoms with Crippen LogP contribution in [0, 0.1) is 11.8 Å². The molecular weight excluding hydrogens is 308 g/mol. The Morgan fingerprint density at radius 3 is 3.00 bits per heavy atom. The van der Waals surface area contributed by atoms with E-state index in [1.807, 2.05) is 28.6 Å². The lowest BCUT2D eigenvalue weighted by Gasteiger charge is -2.30. The summed E-state index contributed by atoms with van der Waals surface area (Å²) < 4.78 is 0. The van der Waals surface area contributed by atoms with Gasteiger partial charge in [0.2, 0.25) is 0 Å². The first-order valence-corrected chi connectivity index (χ1v) is 8.93. The normalized spacial score (nSPS) is 26.3. The number of aromatic nitrogens is 2. The first kappa shape index (κ1) is 14.6. The molecule has 6 heteroatoms. The van der Waals surface area contributed by atoms with Crippen molar-refractivity contribution in [3.63, 3.8) is 0 Å². The summed E-state index contributed by atoms with van der Waals surface area (Å²) in [6.45, 7) is 1.75. The number of rotatable bonds is 3. The van der Waals surface area contributed by atoms with Gasteiger partial charge in [-0.25, -0.2) is 4.98 Å². The van der Waals surface area contributed by atoms with Crippen LogP contribution in [0.3, 0.4) is 0 Å². The smallest absolute Gasteiger partial charge is 0.263 e. The molecule has 1 aliphatic heterocycles. The molecule has 0 bridgehead atoms. The molecule has 3 atom stereocenters. The van der Waals surface area contributed by atoms with Gasteiger partial charge in [0.05, 0.1) is 11.1 Å². The number of nitrogens with zero attached hydrogens (tertiary/aromatic N) is 4. The molecule has 2 aromatic heterocycles. The number of thiophene rings is 1. The molecule has 5 nitrogen and oxygen atoms in total. The van der Waals surface area contributed by atoms with Crippen molar-refractivity contribution in [2.45, 2.75) is 18.9 Å². The van der Waals surface area contributed by atoms with Crippen LogP contribution in [0.25, 0.3) is 0 Å². The molecule has 1 saturated heterocycles. The first-order chi connectivity index (χ1) is 11.2. The molecule has 0 N–H and O–H groups in total. The zero-order valence-corrected chi connectivity index (χ0v) is 13.9. The van der Waals surface area contributed by atoms with Crippen molar-refractivity contribution in [3.05, 3.63) is 41.0 Å². The van der Waals surface area contributed by atoms with Crippen LogP contribution in [0.2, 0.25) is 0 Å². The Hall–Kier alpha value is -1.95. The molecule has 0 radical (unpaired) electrons. The van der Waals surface area contributed by atoms with Gasteiger partial charge in [-0.15, -0.1) is 11.3 Å². The fraction of sp³-hybridized carbons (Fsp3) is 0.471. The summed E-state index contributed by atoms with van der Waals surface area (Å²) in [4.78, 5) is 26.3. The average Bonchev–Trinajstić information content (AvgIpc) is 3.30. The molecule has 23 heavy (non-hydrogen) atoms. The molecule has 2 aromatic rings. The van der Waals surface area contributed by atoms with E-state index in [-0.39, 0.29) is 5.91 Å². The van der Waals surface area contributed by atoms with E-state index < -0.39 is 0 Å². The van der Waals surface area contributed by atoms with Crippen molar-refractivity contribution < 1.29 is 4.79 Å². The van der Waals surface area contributed by atoms with E-state index in [1.165, 1.54) is 24.2 Å². The van der Waals surface area contributed by atoms with Gasteiger partial charge in [0.25, 0.3) is 5.91 Å². The number of carbonyl (C=O) groups is 1. The Kier molecular flexibility index (Phi) is 3.77. The van der Waals surface area contributed by atoms with Crippen molar-refractivity contribution >= 4 is 23.1 Å². The Morgan fingerprint density at radius 1 is 1.35 bits per heavy atom. The highest BCUT2D eigenvalue weighted by atomic mass is 32.1. The third kappa shape index (κ3) is 2.61. The molecule has 3 heterocycles. The fourth-order valence-electron chi connectivity index (χ4n) is 4.08. The van der Waals surface area contributed by atoms with E-state index in [0.29, 0.717) is 17.9 Å². The summed E-state index contributed by atoms with van der Waals surface area (Å²) >= 11 is 1.53. The standard InChI is InChI=1S/C17H20N4OS/c1-20(16-9-18-6-7-19-16)14-5-4-12-10-21(11-13(12)14)17(22)15-3-2-8-23-15/h2-3,6-9,12-14H,4-5,10-11H2,1H3/t12-,13+,14+/m1/s1. The lowest BCUT2D eigenvalue weighted by Crippen LogP contribution is -2.38. The Bertz CT molecular complexity index is 675. The van der Waals surface area contributed by atoms with Gasteiger partial charge in [0.1, 0.15) is 5.82 Å². The Balaban J connectivity index is 1.48. The van der Waals surface area contributed by atoms with Gasteiger partial charge >= 0.3 is 0 Å². The summed E-state index contributed by atoms with van der Waals surface area (Å²) in [6, 6.07) is 4.31. The third-order valence-electron chi connectivity index (χ3n) is 5.25. The van der Waals surface area contributed by atoms with Crippen LogP contribution in [0.4, 0.5) is 5.82 Å². The van der Waals surface area contributed by atoms with E-state index in [4.69, 9.17) is 0 Å². The molecule has 1 saturated carbocycles. The van der Waals surface area contributed by atoms with E-state index >= 15 is 0 Å². The van der Waals surface area contributed by atoms with Gasteiger partial charge in [-0.05, 0) is 30.2 Å². The number of hydrogen-bond donors (Lipinski definition) is 0. The third-order valence-corrected chi connectivity index (χ3v) is 6.10. The number of amides is 1. The fourth-order valence-corrected chi connectivity index (χ4v) is 4.77. The average molecular weight is 328 g/mol. The molecule has 0 spiro atoms. The second-order valence-electron chi connectivity index (χ2n) is 6.43. The summed E-state index contributed by atoms with van der Waals surface area (Å²) in [5.41, 5.74) is 0. The largest absolute Gasteiger partial charge is 0.355 e. The monoisotopic (exact) mass is 328 g/mol. The maximum absolute atomic E-state index is 12.6. The Labute approximate surface area is 140 Å². The predicted molar refractivity (Wildman–Crippen MR) is 90.7 cm³/mol. The summed E-state index contributed by atoms with van der Waals surface area (Å²) in [7, 11) is 2.10. The van der Waals surface area contributed by atoms with E-state index in [1.54, 1.807) is 12.4 Å². The maximum Gasteiger partial charge on any atom is 0.263 e. The van der Waals surface area contributed by atoms with Crippen LogP contribution in [0.15, 0.2) is 36.1 Å². The number of anilines is 1. The molecule has 1 amide bonds. The van der Waals surface area contributed by atoms with Gasteiger partial charge in [-0.2, -0.15) is 0 Å².